The van der Waals surface area contributed by atoms with E-state index in [9.17, 15) is 22.8 Å². The third-order valence-electron chi connectivity index (χ3n) is 4.17. The Morgan fingerprint density at radius 3 is 2.76 bits per heavy atom. The highest BCUT2D eigenvalue weighted by molar-refractivity contribution is 6.32. The highest BCUT2D eigenvalue weighted by Crippen LogP contribution is 2.25. The third-order valence-corrected chi connectivity index (χ3v) is 4.44. The van der Waals surface area contributed by atoms with Gasteiger partial charge in [-0.3, -0.25) is 9.59 Å². The van der Waals surface area contributed by atoms with Gasteiger partial charge < -0.3 is 15.0 Å². The van der Waals surface area contributed by atoms with Gasteiger partial charge in [0.1, 0.15) is 5.02 Å². The summed E-state index contributed by atoms with van der Waals surface area (Å²) in [5.41, 5.74) is 1.44. The molecule has 0 spiro atoms. The maximum atomic E-state index is 12.4. The Labute approximate surface area is 169 Å². The number of benzene rings is 1. The van der Waals surface area contributed by atoms with Gasteiger partial charge in [-0.1, -0.05) is 23.7 Å². The van der Waals surface area contributed by atoms with E-state index in [0.717, 1.165) is 18.2 Å². The van der Waals surface area contributed by atoms with Gasteiger partial charge in [0.05, 0.1) is 5.56 Å². The number of hydrogen-bond donors (Lipinski definition) is 1. The number of halogens is 4. The third kappa shape index (κ3) is 5.83. The summed E-state index contributed by atoms with van der Waals surface area (Å²) in [4.78, 5) is 29.6. The van der Waals surface area contributed by atoms with Crippen LogP contribution in [0, 0.1) is 0 Å². The molecule has 1 aliphatic heterocycles. The number of carbonyl (C=O) groups excluding carboxylic acids is 2. The van der Waals surface area contributed by atoms with Gasteiger partial charge in [0.2, 0.25) is 11.8 Å². The summed E-state index contributed by atoms with van der Waals surface area (Å²) in [5.74, 6) is -0.832. The van der Waals surface area contributed by atoms with Crippen LogP contribution >= 0.6 is 11.6 Å². The van der Waals surface area contributed by atoms with Crippen LogP contribution in [-0.2, 0) is 11.3 Å². The van der Waals surface area contributed by atoms with Crippen LogP contribution in [0.1, 0.15) is 28.8 Å². The Morgan fingerprint density at radius 2 is 2.10 bits per heavy atom. The van der Waals surface area contributed by atoms with Crippen LogP contribution in [0.2, 0.25) is 5.02 Å². The zero-order valence-corrected chi connectivity index (χ0v) is 15.9. The molecule has 10 heteroatoms. The SMILES string of the molecule is O=C(Nc1cccc(CN2CCCC2=O)c1)c1cnc(OCC(F)(F)F)c(Cl)c1. The lowest BCUT2D eigenvalue weighted by atomic mass is 10.1. The van der Waals surface area contributed by atoms with Crippen LogP contribution in [0.4, 0.5) is 18.9 Å². The first kappa shape index (κ1) is 20.9. The lowest BCUT2D eigenvalue weighted by Crippen LogP contribution is -2.23. The number of carbonyl (C=O) groups is 2. The number of likely N-dealkylation sites (tertiary alicyclic amines) is 1. The Balaban J connectivity index is 1.64. The van der Waals surface area contributed by atoms with E-state index in [1.165, 1.54) is 6.07 Å². The Bertz CT molecular complexity index is 921. The highest BCUT2D eigenvalue weighted by Gasteiger charge is 2.29. The summed E-state index contributed by atoms with van der Waals surface area (Å²) in [6, 6.07) is 8.22. The van der Waals surface area contributed by atoms with Crippen molar-refractivity contribution in [3.63, 3.8) is 0 Å². The van der Waals surface area contributed by atoms with Gasteiger partial charge in [-0.05, 0) is 30.2 Å². The molecule has 2 amide bonds. The smallest absolute Gasteiger partial charge is 0.422 e. The Morgan fingerprint density at radius 1 is 1.31 bits per heavy atom. The molecule has 1 fully saturated rings. The molecule has 1 aromatic heterocycles. The molecule has 2 heterocycles. The minimum Gasteiger partial charge on any atom is -0.467 e. The maximum absolute atomic E-state index is 12.4. The van der Waals surface area contributed by atoms with Gasteiger partial charge in [0.15, 0.2) is 6.61 Å². The van der Waals surface area contributed by atoms with E-state index in [4.69, 9.17) is 11.6 Å². The first-order valence-electron chi connectivity index (χ1n) is 8.74. The van der Waals surface area contributed by atoms with Gasteiger partial charge >= 0.3 is 6.18 Å². The molecule has 0 aliphatic carbocycles. The van der Waals surface area contributed by atoms with Gasteiger partial charge in [0, 0.05) is 31.4 Å². The van der Waals surface area contributed by atoms with Crippen LogP contribution in [0.15, 0.2) is 36.5 Å². The number of alkyl halides is 3. The first-order valence-corrected chi connectivity index (χ1v) is 9.12. The molecule has 1 aliphatic rings. The summed E-state index contributed by atoms with van der Waals surface area (Å²) in [6.07, 6.45) is -2.05. The number of anilines is 1. The largest absolute Gasteiger partial charge is 0.467 e. The van der Waals surface area contributed by atoms with Gasteiger partial charge in [-0.2, -0.15) is 13.2 Å². The predicted molar refractivity (Wildman–Crippen MR) is 99.8 cm³/mol. The van der Waals surface area contributed by atoms with Crippen molar-refractivity contribution in [2.24, 2.45) is 0 Å². The molecule has 2 aromatic rings. The molecule has 29 heavy (non-hydrogen) atoms. The minimum atomic E-state index is -4.52. The molecule has 1 aromatic carbocycles. The Hall–Kier alpha value is -2.81. The van der Waals surface area contributed by atoms with E-state index in [1.54, 1.807) is 23.1 Å². The van der Waals surface area contributed by atoms with Crippen molar-refractivity contribution in [3.8, 4) is 5.88 Å². The van der Waals surface area contributed by atoms with E-state index < -0.39 is 24.6 Å². The van der Waals surface area contributed by atoms with Crippen LogP contribution in [0.3, 0.4) is 0 Å². The number of nitrogens with zero attached hydrogens (tertiary/aromatic N) is 2. The van der Waals surface area contributed by atoms with Crippen molar-refractivity contribution in [2.75, 3.05) is 18.5 Å². The summed E-state index contributed by atoms with van der Waals surface area (Å²) < 4.78 is 41.2. The molecule has 0 bridgehead atoms. The second-order valence-corrected chi connectivity index (χ2v) is 6.90. The lowest BCUT2D eigenvalue weighted by Gasteiger charge is -2.16. The summed E-state index contributed by atoms with van der Waals surface area (Å²) >= 11 is 5.87. The van der Waals surface area contributed by atoms with Gasteiger partial charge in [-0.15, -0.1) is 0 Å². The first-order chi connectivity index (χ1) is 13.7. The zero-order chi connectivity index (χ0) is 21.0. The maximum Gasteiger partial charge on any atom is 0.422 e. The molecule has 6 nitrogen and oxygen atoms in total. The van der Waals surface area contributed by atoms with Crippen molar-refractivity contribution in [3.05, 3.63) is 52.7 Å². The van der Waals surface area contributed by atoms with Crippen LogP contribution in [-0.4, -0.2) is 41.0 Å². The number of aromatic nitrogens is 1. The molecule has 0 saturated carbocycles. The molecule has 1 saturated heterocycles. The molecular weight excluding hydrogens is 411 g/mol. The highest BCUT2D eigenvalue weighted by atomic mass is 35.5. The fraction of sp³-hybridized carbons (Fsp3) is 0.316. The van der Waals surface area contributed by atoms with Gasteiger partial charge in [-0.25, -0.2) is 4.98 Å². The number of ether oxygens (including phenoxy) is 1. The minimum absolute atomic E-state index is 0.0643. The predicted octanol–water partition coefficient (Wildman–Crippen LogP) is 4.05. The summed E-state index contributed by atoms with van der Waals surface area (Å²) in [7, 11) is 0. The van der Waals surface area contributed by atoms with Crippen LogP contribution in [0.25, 0.3) is 0 Å². The number of nitrogens with one attached hydrogen (secondary N) is 1. The molecule has 0 radical (unpaired) electrons. The fourth-order valence-corrected chi connectivity index (χ4v) is 3.07. The van der Waals surface area contributed by atoms with E-state index >= 15 is 0 Å². The average Bonchev–Trinajstić information content (AvgIpc) is 3.05. The normalized spacial score (nSPS) is 14.2. The molecule has 3 rings (SSSR count). The van der Waals surface area contributed by atoms with Crippen LogP contribution < -0.4 is 10.1 Å². The summed E-state index contributed by atoms with van der Waals surface area (Å²) in [5, 5.41) is 2.47. The monoisotopic (exact) mass is 427 g/mol. The standard InChI is InChI=1S/C19H17ClF3N3O3/c20-15-8-13(9-24-18(15)29-11-19(21,22)23)17(28)25-14-4-1-3-12(7-14)10-26-6-2-5-16(26)27/h1,3-4,7-9H,2,5-6,10-11H2,(H,25,28). The molecule has 0 atom stereocenters. The van der Waals surface area contributed by atoms with E-state index in [2.05, 4.69) is 15.0 Å². The van der Waals surface area contributed by atoms with E-state index in [0.29, 0.717) is 25.2 Å². The molecule has 1 N–H and O–H groups in total. The lowest BCUT2D eigenvalue weighted by molar-refractivity contribution is -0.154. The number of rotatable bonds is 6. The van der Waals surface area contributed by atoms with Crippen molar-refractivity contribution in [2.45, 2.75) is 25.6 Å². The van der Waals surface area contributed by atoms with Crippen molar-refractivity contribution >= 4 is 29.1 Å². The van der Waals surface area contributed by atoms with Crippen molar-refractivity contribution in [1.29, 1.82) is 0 Å². The molecule has 154 valence electrons. The number of pyridine rings is 1. The fourth-order valence-electron chi connectivity index (χ4n) is 2.85. The molecule has 0 unspecified atom stereocenters. The quantitative estimate of drug-likeness (QED) is 0.755. The zero-order valence-electron chi connectivity index (χ0n) is 15.1. The van der Waals surface area contributed by atoms with Crippen LogP contribution in [0.5, 0.6) is 5.88 Å². The van der Waals surface area contributed by atoms with Crippen molar-refractivity contribution in [1.82, 2.24) is 9.88 Å². The van der Waals surface area contributed by atoms with Gasteiger partial charge in [0.25, 0.3) is 5.91 Å². The summed E-state index contributed by atoms with van der Waals surface area (Å²) in [6.45, 7) is -0.360. The molecular formula is C19H17ClF3N3O3. The average molecular weight is 428 g/mol. The second-order valence-electron chi connectivity index (χ2n) is 6.49. The number of amides is 2. The van der Waals surface area contributed by atoms with E-state index in [-0.39, 0.29) is 16.5 Å². The number of hydrogen-bond acceptors (Lipinski definition) is 4. The van der Waals surface area contributed by atoms with E-state index in [1.807, 2.05) is 6.07 Å². The van der Waals surface area contributed by atoms with Crippen molar-refractivity contribution < 1.29 is 27.5 Å². The second kappa shape index (κ2) is 8.69. The topological polar surface area (TPSA) is 71.5 Å². The Kier molecular flexibility index (Phi) is 6.26.